The van der Waals surface area contributed by atoms with E-state index in [2.05, 4.69) is 15.5 Å². The molecule has 0 atom stereocenters. The highest BCUT2D eigenvalue weighted by Gasteiger charge is 2.09. The average molecular weight is 318 g/mol. The van der Waals surface area contributed by atoms with Crippen LogP contribution in [0.15, 0.2) is 18.2 Å². The van der Waals surface area contributed by atoms with Gasteiger partial charge in [0, 0.05) is 31.9 Å². The summed E-state index contributed by atoms with van der Waals surface area (Å²) >= 11 is 10.9. The Hall–Kier alpha value is -0.950. The van der Waals surface area contributed by atoms with Gasteiger partial charge in [-0.2, -0.15) is 0 Å². The highest BCUT2D eigenvalue weighted by atomic mass is 35.5. The lowest BCUT2D eigenvalue weighted by atomic mass is 10.3. The minimum Gasteiger partial charge on any atom is -0.379 e. The number of anilines is 1. The molecule has 0 unspecified atom stereocenters. The van der Waals surface area contributed by atoms with Crippen molar-refractivity contribution in [3.05, 3.63) is 29.0 Å². The molecule has 1 aromatic rings. The fraction of sp³-hybridized carbons (Fsp3) is 0.462. The number of nitrogens with zero attached hydrogens (tertiary/aromatic N) is 1. The molecular weight excluding hydrogens is 301 g/mol. The first-order valence-corrected chi connectivity index (χ1v) is 7.24. The topological polar surface area (TPSA) is 36.5 Å². The molecule has 1 saturated heterocycles. The predicted molar refractivity (Wildman–Crippen MR) is 82.9 cm³/mol. The first-order valence-electron chi connectivity index (χ1n) is 6.45. The lowest BCUT2D eigenvalue weighted by Crippen LogP contribution is -2.42. The van der Waals surface area contributed by atoms with Gasteiger partial charge in [-0.3, -0.25) is 4.90 Å². The van der Waals surface area contributed by atoms with E-state index in [-0.39, 0.29) is 5.02 Å². The van der Waals surface area contributed by atoms with Crippen LogP contribution in [0.1, 0.15) is 0 Å². The molecule has 0 aliphatic carbocycles. The zero-order chi connectivity index (χ0) is 14.4. The van der Waals surface area contributed by atoms with Crippen molar-refractivity contribution in [3.8, 4) is 0 Å². The van der Waals surface area contributed by atoms with Crippen LogP contribution in [0.5, 0.6) is 0 Å². The Labute approximate surface area is 128 Å². The summed E-state index contributed by atoms with van der Waals surface area (Å²) in [4.78, 5) is 2.31. The maximum absolute atomic E-state index is 13.0. The lowest BCUT2D eigenvalue weighted by molar-refractivity contribution is 0.0389. The second kappa shape index (κ2) is 7.73. The van der Waals surface area contributed by atoms with Gasteiger partial charge in [0.2, 0.25) is 0 Å². The highest BCUT2D eigenvalue weighted by Crippen LogP contribution is 2.19. The average Bonchev–Trinajstić information content (AvgIpc) is 2.44. The number of halogens is 2. The smallest absolute Gasteiger partial charge is 0.170 e. The minimum atomic E-state index is -0.441. The van der Waals surface area contributed by atoms with Gasteiger partial charge in [-0.1, -0.05) is 11.6 Å². The normalized spacial score (nSPS) is 15.9. The maximum Gasteiger partial charge on any atom is 0.170 e. The number of nitrogens with one attached hydrogen (secondary N) is 2. The van der Waals surface area contributed by atoms with E-state index in [0.717, 1.165) is 39.4 Å². The molecule has 7 heteroatoms. The maximum atomic E-state index is 13.0. The van der Waals surface area contributed by atoms with Crippen LogP contribution in [-0.4, -0.2) is 49.4 Å². The van der Waals surface area contributed by atoms with Crippen LogP contribution < -0.4 is 10.6 Å². The molecule has 1 aliphatic heterocycles. The summed E-state index contributed by atoms with van der Waals surface area (Å²) in [6.07, 6.45) is 0. The van der Waals surface area contributed by atoms with Crippen molar-refractivity contribution in [1.82, 2.24) is 10.2 Å². The third kappa shape index (κ3) is 4.86. The Balaban J connectivity index is 1.70. The zero-order valence-electron chi connectivity index (χ0n) is 11.0. The van der Waals surface area contributed by atoms with E-state index in [1.54, 1.807) is 6.07 Å². The summed E-state index contributed by atoms with van der Waals surface area (Å²) in [5.74, 6) is -0.441. The van der Waals surface area contributed by atoms with Gasteiger partial charge < -0.3 is 15.4 Å². The first kappa shape index (κ1) is 15.4. The highest BCUT2D eigenvalue weighted by molar-refractivity contribution is 7.80. The molecule has 20 heavy (non-hydrogen) atoms. The summed E-state index contributed by atoms with van der Waals surface area (Å²) in [5, 5.41) is 6.66. The molecular formula is C13H17ClFN3OS. The fourth-order valence-corrected chi connectivity index (χ4v) is 2.30. The van der Waals surface area contributed by atoms with E-state index in [1.807, 2.05) is 0 Å². The van der Waals surface area contributed by atoms with Crippen LogP contribution in [0, 0.1) is 5.82 Å². The van der Waals surface area contributed by atoms with E-state index in [0.29, 0.717) is 10.8 Å². The minimum absolute atomic E-state index is 0.0751. The molecule has 1 heterocycles. The number of thiocarbonyl (C=S) groups is 1. The summed E-state index contributed by atoms with van der Waals surface area (Å²) < 4.78 is 18.3. The molecule has 0 radical (unpaired) electrons. The summed E-state index contributed by atoms with van der Waals surface area (Å²) in [5.41, 5.74) is 0.667. The molecule has 0 saturated carbocycles. The number of morpholine rings is 1. The SMILES string of the molecule is Fc1ccc(NC(=S)NCCN2CCOCC2)cc1Cl. The van der Waals surface area contributed by atoms with E-state index >= 15 is 0 Å². The molecule has 4 nitrogen and oxygen atoms in total. The summed E-state index contributed by atoms with van der Waals surface area (Å²) in [6, 6.07) is 4.41. The van der Waals surface area contributed by atoms with E-state index in [4.69, 9.17) is 28.6 Å². The fourth-order valence-electron chi connectivity index (χ4n) is 1.90. The lowest BCUT2D eigenvalue weighted by Gasteiger charge is -2.26. The Morgan fingerprint density at radius 1 is 1.40 bits per heavy atom. The van der Waals surface area contributed by atoms with Gasteiger partial charge in [0.05, 0.1) is 18.2 Å². The Kier molecular flexibility index (Phi) is 5.97. The van der Waals surface area contributed by atoms with Gasteiger partial charge in [0.25, 0.3) is 0 Å². The van der Waals surface area contributed by atoms with Crippen molar-refractivity contribution in [3.63, 3.8) is 0 Å². The first-order chi connectivity index (χ1) is 9.65. The summed E-state index contributed by atoms with van der Waals surface area (Å²) in [7, 11) is 0. The zero-order valence-corrected chi connectivity index (χ0v) is 12.6. The van der Waals surface area contributed by atoms with Gasteiger partial charge in [0.1, 0.15) is 5.82 Å². The van der Waals surface area contributed by atoms with E-state index in [9.17, 15) is 4.39 Å². The molecule has 1 fully saturated rings. The molecule has 2 N–H and O–H groups in total. The monoisotopic (exact) mass is 317 g/mol. The third-order valence-corrected chi connectivity index (χ3v) is 3.53. The van der Waals surface area contributed by atoms with Crippen molar-refractivity contribution in [2.75, 3.05) is 44.7 Å². The Morgan fingerprint density at radius 2 is 2.15 bits per heavy atom. The van der Waals surface area contributed by atoms with Crippen LogP contribution in [0.4, 0.5) is 10.1 Å². The van der Waals surface area contributed by atoms with Crippen molar-refractivity contribution in [2.24, 2.45) is 0 Å². The van der Waals surface area contributed by atoms with Crippen LogP contribution in [-0.2, 0) is 4.74 Å². The van der Waals surface area contributed by atoms with Crippen LogP contribution in [0.2, 0.25) is 5.02 Å². The van der Waals surface area contributed by atoms with Crippen molar-refractivity contribution < 1.29 is 9.13 Å². The van der Waals surface area contributed by atoms with E-state index < -0.39 is 5.82 Å². The number of hydrogen-bond acceptors (Lipinski definition) is 3. The predicted octanol–water partition coefficient (Wildman–Crippen LogP) is 2.10. The molecule has 110 valence electrons. The van der Waals surface area contributed by atoms with Gasteiger partial charge in [-0.15, -0.1) is 0 Å². The molecule has 0 aromatic heterocycles. The second-order valence-corrected chi connectivity index (χ2v) is 5.28. The number of rotatable bonds is 4. The molecule has 1 aromatic carbocycles. The quantitative estimate of drug-likeness (QED) is 0.832. The molecule has 0 amide bonds. The van der Waals surface area contributed by atoms with Gasteiger partial charge in [-0.05, 0) is 30.4 Å². The Morgan fingerprint density at radius 3 is 2.85 bits per heavy atom. The number of ether oxygens (including phenoxy) is 1. The summed E-state index contributed by atoms with van der Waals surface area (Å²) in [6.45, 7) is 5.15. The Bertz CT molecular complexity index is 469. The van der Waals surface area contributed by atoms with Crippen molar-refractivity contribution in [1.29, 1.82) is 0 Å². The van der Waals surface area contributed by atoms with Gasteiger partial charge >= 0.3 is 0 Å². The molecule has 0 spiro atoms. The van der Waals surface area contributed by atoms with Crippen molar-refractivity contribution >= 4 is 34.6 Å². The van der Waals surface area contributed by atoms with Crippen molar-refractivity contribution in [2.45, 2.75) is 0 Å². The third-order valence-electron chi connectivity index (χ3n) is 2.99. The molecule has 2 rings (SSSR count). The van der Waals surface area contributed by atoms with Crippen LogP contribution in [0.3, 0.4) is 0 Å². The standard InChI is InChI=1S/C13H17ClFN3OS/c14-11-9-10(1-2-12(11)15)17-13(20)16-3-4-18-5-7-19-8-6-18/h1-2,9H,3-8H2,(H2,16,17,20). The van der Waals surface area contributed by atoms with Gasteiger partial charge in [-0.25, -0.2) is 4.39 Å². The second-order valence-electron chi connectivity index (χ2n) is 4.46. The van der Waals surface area contributed by atoms with E-state index in [1.165, 1.54) is 12.1 Å². The molecule has 0 bridgehead atoms. The van der Waals surface area contributed by atoms with Crippen LogP contribution in [0.25, 0.3) is 0 Å². The largest absolute Gasteiger partial charge is 0.379 e. The van der Waals surface area contributed by atoms with Crippen LogP contribution >= 0.6 is 23.8 Å². The van der Waals surface area contributed by atoms with Gasteiger partial charge in [0.15, 0.2) is 5.11 Å². The number of benzene rings is 1. The molecule has 1 aliphatic rings. The number of hydrogen-bond donors (Lipinski definition) is 2.